The maximum atomic E-state index is 12.4. The van der Waals surface area contributed by atoms with Gasteiger partial charge in [-0.2, -0.15) is 0 Å². The zero-order valence-electron chi connectivity index (χ0n) is 11.4. The summed E-state index contributed by atoms with van der Waals surface area (Å²) in [6, 6.07) is 0. The van der Waals surface area contributed by atoms with Crippen LogP contribution in [0.15, 0.2) is 4.79 Å². The highest BCUT2D eigenvalue weighted by Crippen LogP contribution is 2.61. The topological polar surface area (TPSA) is 48.6 Å². The summed E-state index contributed by atoms with van der Waals surface area (Å²) in [7, 11) is 0. The zero-order chi connectivity index (χ0) is 12.6. The van der Waals surface area contributed by atoms with Gasteiger partial charge in [0.15, 0.2) is 0 Å². The van der Waals surface area contributed by atoms with Crippen LogP contribution in [0.5, 0.6) is 0 Å². The Morgan fingerprint density at radius 3 is 2.00 bits per heavy atom. The van der Waals surface area contributed by atoms with Crippen LogP contribution in [0.25, 0.3) is 0 Å². The Hall–Kier alpha value is -0.990. The van der Waals surface area contributed by atoms with Crippen molar-refractivity contribution in [1.29, 1.82) is 0 Å². The minimum absolute atomic E-state index is 0.198. The van der Waals surface area contributed by atoms with E-state index in [1.165, 1.54) is 62.6 Å². The molecule has 0 aromatic carbocycles. The molecule has 5 aliphatic carbocycles. The van der Waals surface area contributed by atoms with Crippen LogP contribution in [0.1, 0.15) is 68.5 Å². The van der Waals surface area contributed by atoms with Crippen molar-refractivity contribution in [2.75, 3.05) is 0 Å². The van der Waals surface area contributed by atoms with Crippen molar-refractivity contribution in [2.24, 2.45) is 17.8 Å². The Bertz CT molecular complexity index is 543. The van der Waals surface area contributed by atoms with Crippen molar-refractivity contribution >= 4 is 0 Å². The summed E-state index contributed by atoms with van der Waals surface area (Å²) in [4.78, 5) is 12.4. The van der Waals surface area contributed by atoms with Gasteiger partial charge >= 0.3 is 0 Å². The van der Waals surface area contributed by atoms with Gasteiger partial charge in [0.2, 0.25) is 0 Å². The molecule has 1 aromatic rings. The fourth-order valence-corrected chi connectivity index (χ4v) is 5.99. The van der Waals surface area contributed by atoms with Gasteiger partial charge < -0.3 is 5.10 Å². The van der Waals surface area contributed by atoms with E-state index in [-0.39, 0.29) is 11.0 Å². The van der Waals surface area contributed by atoms with E-state index in [0.717, 1.165) is 17.8 Å². The van der Waals surface area contributed by atoms with Crippen LogP contribution in [0.2, 0.25) is 0 Å². The summed E-state index contributed by atoms with van der Waals surface area (Å²) >= 11 is 0. The molecule has 0 saturated heterocycles. The number of H-pyrrole nitrogens is 2. The molecule has 3 nitrogen and oxygen atoms in total. The normalized spacial score (nSPS) is 43.9. The van der Waals surface area contributed by atoms with Crippen LogP contribution in [0, 0.1) is 17.8 Å². The third-order valence-electron chi connectivity index (χ3n) is 6.36. The van der Waals surface area contributed by atoms with E-state index in [0.29, 0.717) is 5.92 Å². The summed E-state index contributed by atoms with van der Waals surface area (Å²) in [5.41, 5.74) is 2.92. The average molecular weight is 258 g/mol. The van der Waals surface area contributed by atoms with Gasteiger partial charge in [0.25, 0.3) is 5.56 Å². The molecule has 5 saturated carbocycles. The van der Waals surface area contributed by atoms with Crippen molar-refractivity contribution in [2.45, 2.75) is 62.7 Å². The monoisotopic (exact) mass is 258 g/mol. The number of aromatic nitrogens is 2. The van der Waals surface area contributed by atoms with E-state index < -0.39 is 0 Å². The predicted octanol–water partition coefficient (Wildman–Crippen LogP) is 3.05. The van der Waals surface area contributed by atoms with Crippen LogP contribution in [0.4, 0.5) is 0 Å². The van der Waals surface area contributed by atoms with Crippen molar-refractivity contribution in [3.63, 3.8) is 0 Å². The van der Waals surface area contributed by atoms with Crippen molar-refractivity contribution in [3.8, 4) is 0 Å². The van der Waals surface area contributed by atoms with Gasteiger partial charge in [-0.05, 0) is 69.1 Å². The van der Waals surface area contributed by atoms with Gasteiger partial charge in [-0.3, -0.25) is 9.89 Å². The number of aromatic amines is 2. The first-order chi connectivity index (χ1) is 9.23. The zero-order valence-corrected chi connectivity index (χ0v) is 11.4. The number of hydrogen-bond acceptors (Lipinski definition) is 1. The largest absolute Gasteiger partial charge is 0.302 e. The van der Waals surface area contributed by atoms with E-state index in [9.17, 15) is 4.79 Å². The van der Waals surface area contributed by atoms with Gasteiger partial charge in [-0.15, -0.1) is 0 Å². The number of hydrogen-bond donors (Lipinski definition) is 2. The van der Waals surface area contributed by atoms with E-state index >= 15 is 0 Å². The summed E-state index contributed by atoms with van der Waals surface area (Å²) in [6.45, 7) is 0. The molecule has 0 radical (unpaired) electrons. The van der Waals surface area contributed by atoms with E-state index in [2.05, 4.69) is 10.2 Å². The van der Waals surface area contributed by atoms with Gasteiger partial charge in [0.1, 0.15) is 0 Å². The van der Waals surface area contributed by atoms with Gasteiger partial charge in [0, 0.05) is 22.6 Å². The molecule has 4 bridgehead atoms. The van der Waals surface area contributed by atoms with Crippen LogP contribution >= 0.6 is 0 Å². The highest BCUT2D eigenvalue weighted by Gasteiger charge is 2.54. The second-order valence-electron chi connectivity index (χ2n) is 7.84. The highest BCUT2D eigenvalue weighted by molar-refractivity contribution is 5.35. The summed E-state index contributed by atoms with van der Waals surface area (Å²) in [6.07, 6.45) is 10.8. The lowest BCUT2D eigenvalue weighted by atomic mass is 9.48. The Morgan fingerprint density at radius 1 is 0.895 bits per heavy atom. The summed E-state index contributed by atoms with van der Waals surface area (Å²) < 4.78 is 0. The first-order valence-electron chi connectivity index (χ1n) is 8.04. The van der Waals surface area contributed by atoms with Crippen molar-refractivity contribution in [1.82, 2.24) is 10.2 Å². The third kappa shape index (κ3) is 1.42. The SMILES string of the molecule is O=c1[nH][nH]c(C2CC2)c1C12CC3CC(CC(C3)C1)C2. The molecule has 0 spiro atoms. The molecule has 0 amide bonds. The molecular weight excluding hydrogens is 236 g/mol. The maximum absolute atomic E-state index is 12.4. The Balaban J connectivity index is 1.65. The second kappa shape index (κ2) is 3.36. The van der Waals surface area contributed by atoms with Crippen LogP contribution in [-0.2, 0) is 5.41 Å². The third-order valence-corrected chi connectivity index (χ3v) is 6.36. The van der Waals surface area contributed by atoms with Crippen molar-refractivity contribution in [3.05, 3.63) is 21.6 Å². The Kier molecular flexibility index (Phi) is 1.90. The minimum Gasteiger partial charge on any atom is -0.302 e. The molecule has 6 rings (SSSR count). The second-order valence-corrected chi connectivity index (χ2v) is 7.84. The molecule has 102 valence electrons. The van der Waals surface area contributed by atoms with Gasteiger partial charge in [-0.25, -0.2) is 0 Å². The molecule has 5 aliphatic rings. The lowest BCUT2D eigenvalue weighted by Gasteiger charge is -2.56. The molecular formula is C16H22N2O. The lowest BCUT2D eigenvalue weighted by Crippen LogP contribution is -2.50. The van der Waals surface area contributed by atoms with E-state index in [4.69, 9.17) is 0 Å². The fraction of sp³-hybridized carbons (Fsp3) is 0.812. The smallest absolute Gasteiger partial charge is 0.267 e. The molecule has 19 heavy (non-hydrogen) atoms. The molecule has 1 aromatic heterocycles. The molecule has 1 heterocycles. The highest BCUT2D eigenvalue weighted by atomic mass is 16.1. The minimum atomic E-state index is 0.198. The molecule has 0 atom stereocenters. The summed E-state index contributed by atoms with van der Waals surface area (Å²) in [5.74, 6) is 3.38. The molecule has 0 unspecified atom stereocenters. The number of rotatable bonds is 2. The van der Waals surface area contributed by atoms with Crippen LogP contribution in [-0.4, -0.2) is 10.2 Å². The van der Waals surface area contributed by atoms with Crippen molar-refractivity contribution < 1.29 is 0 Å². The fourth-order valence-electron chi connectivity index (χ4n) is 5.99. The Morgan fingerprint density at radius 2 is 1.47 bits per heavy atom. The lowest BCUT2D eigenvalue weighted by molar-refractivity contribution is -0.00602. The van der Waals surface area contributed by atoms with E-state index in [1.54, 1.807) is 0 Å². The van der Waals surface area contributed by atoms with Crippen LogP contribution < -0.4 is 5.56 Å². The standard InChI is InChI=1S/C16H22N2O/c19-15-13(14(17-18-15)12-1-2-12)16-6-9-3-10(7-16)5-11(4-9)8-16/h9-12H,1-8H2,(H2,17,18,19). The quantitative estimate of drug-likeness (QED) is 0.841. The van der Waals surface area contributed by atoms with E-state index in [1.807, 2.05) is 0 Å². The first kappa shape index (κ1) is 10.8. The Labute approximate surface area is 113 Å². The maximum Gasteiger partial charge on any atom is 0.267 e. The van der Waals surface area contributed by atoms with Crippen LogP contribution in [0.3, 0.4) is 0 Å². The van der Waals surface area contributed by atoms with Gasteiger partial charge in [0.05, 0.1) is 0 Å². The predicted molar refractivity (Wildman–Crippen MR) is 73.2 cm³/mol. The molecule has 2 N–H and O–H groups in total. The average Bonchev–Trinajstić information content (AvgIpc) is 3.10. The van der Waals surface area contributed by atoms with Gasteiger partial charge in [-0.1, -0.05) is 0 Å². The summed E-state index contributed by atoms with van der Waals surface area (Å²) in [5, 5.41) is 6.13. The number of nitrogens with one attached hydrogen (secondary N) is 2. The first-order valence-corrected chi connectivity index (χ1v) is 8.04. The molecule has 3 heteroatoms. The molecule has 0 aliphatic heterocycles. The molecule has 5 fully saturated rings.